The molecule has 0 saturated heterocycles. The molecule has 22 heavy (non-hydrogen) atoms. The molecule has 0 aliphatic carbocycles. The summed E-state index contributed by atoms with van der Waals surface area (Å²) in [6, 6.07) is 0.0449. The lowest BCUT2D eigenvalue weighted by Gasteiger charge is -2.31. The average molecular weight is 320 g/mol. The van der Waals surface area contributed by atoms with E-state index < -0.39 is 0 Å². The van der Waals surface area contributed by atoms with Crippen molar-refractivity contribution in [1.29, 1.82) is 0 Å². The molecular weight excluding hydrogens is 296 g/mol. The summed E-state index contributed by atoms with van der Waals surface area (Å²) in [6.45, 7) is 11.1. The van der Waals surface area contributed by atoms with Crippen LogP contribution < -0.4 is 5.32 Å². The Labute approximate surface area is 135 Å². The van der Waals surface area contributed by atoms with Gasteiger partial charge in [-0.2, -0.15) is 0 Å². The number of thiazole rings is 1. The Bertz CT molecular complexity index is 625. The minimum Gasteiger partial charge on any atom is -0.351 e. The van der Waals surface area contributed by atoms with Crippen molar-refractivity contribution < 1.29 is 4.79 Å². The molecule has 1 N–H and O–H groups in total. The molecule has 0 saturated carbocycles. The SMILES string of the molecule is Cc1nc(C)c(CC(=O)N[C@H](Cn2ccnc2)C(C)(C)C)s1. The minimum atomic E-state index is -0.0292. The smallest absolute Gasteiger partial charge is 0.225 e. The van der Waals surface area contributed by atoms with Crippen molar-refractivity contribution in [2.24, 2.45) is 5.41 Å². The molecule has 0 bridgehead atoms. The van der Waals surface area contributed by atoms with Crippen molar-refractivity contribution in [2.45, 2.75) is 53.6 Å². The third-order valence-corrected chi connectivity index (χ3v) is 4.73. The van der Waals surface area contributed by atoms with Crippen LogP contribution in [-0.2, 0) is 17.8 Å². The van der Waals surface area contributed by atoms with Gasteiger partial charge in [0.05, 0.1) is 29.5 Å². The molecule has 0 aliphatic rings. The standard InChI is InChI=1S/C16H24N4OS/c1-11-13(22-12(2)18-11)8-15(21)19-14(16(3,4)5)9-20-7-6-17-10-20/h6-7,10,14H,8-9H2,1-5H3,(H,19,21)/t14-/m1/s1. The molecule has 0 aliphatic heterocycles. The Morgan fingerprint density at radius 1 is 1.41 bits per heavy atom. The molecule has 2 heterocycles. The van der Waals surface area contributed by atoms with Crippen LogP contribution >= 0.6 is 11.3 Å². The molecule has 0 aromatic carbocycles. The number of imidazole rings is 1. The van der Waals surface area contributed by atoms with Gasteiger partial charge in [-0.25, -0.2) is 9.97 Å². The lowest BCUT2D eigenvalue weighted by molar-refractivity contribution is -0.122. The quantitative estimate of drug-likeness (QED) is 0.921. The van der Waals surface area contributed by atoms with Gasteiger partial charge in [0.1, 0.15) is 0 Å². The number of rotatable bonds is 5. The number of hydrogen-bond donors (Lipinski definition) is 1. The number of nitrogens with zero attached hydrogens (tertiary/aromatic N) is 3. The molecular formula is C16H24N4OS. The predicted molar refractivity (Wildman–Crippen MR) is 88.9 cm³/mol. The molecule has 0 fully saturated rings. The first kappa shape index (κ1) is 16.7. The van der Waals surface area contributed by atoms with Gasteiger partial charge in [0, 0.05) is 23.8 Å². The summed E-state index contributed by atoms with van der Waals surface area (Å²) < 4.78 is 2.00. The Kier molecular flexibility index (Phi) is 5.01. The molecule has 2 rings (SSSR count). The van der Waals surface area contributed by atoms with Crippen molar-refractivity contribution >= 4 is 17.2 Å². The number of aryl methyl sites for hydroxylation is 2. The van der Waals surface area contributed by atoms with Crippen LogP contribution in [0.4, 0.5) is 0 Å². The predicted octanol–water partition coefficient (Wildman–Crippen LogP) is 2.73. The van der Waals surface area contributed by atoms with E-state index in [1.54, 1.807) is 23.9 Å². The fourth-order valence-corrected chi connectivity index (χ4v) is 3.21. The fraction of sp³-hybridized carbons (Fsp3) is 0.562. The zero-order valence-electron chi connectivity index (χ0n) is 13.9. The number of carbonyl (C=O) groups is 1. The van der Waals surface area contributed by atoms with Crippen LogP contribution in [0.3, 0.4) is 0 Å². The van der Waals surface area contributed by atoms with Crippen molar-refractivity contribution in [3.63, 3.8) is 0 Å². The summed E-state index contributed by atoms with van der Waals surface area (Å²) in [4.78, 5) is 21.9. The molecule has 1 amide bonds. The van der Waals surface area contributed by atoms with Gasteiger partial charge in [0.25, 0.3) is 0 Å². The number of nitrogens with one attached hydrogen (secondary N) is 1. The van der Waals surface area contributed by atoms with Crippen LogP contribution in [0.1, 0.15) is 36.3 Å². The zero-order valence-corrected chi connectivity index (χ0v) is 14.7. The van der Waals surface area contributed by atoms with E-state index in [4.69, 9.17) is 0 Å². The van der Waals surface area contributed by atoms with E-state index in [0.29, 0.717) is 6.42 Å². The normalized spacial score (nSPS) is 13.1. The monoisotopic (exact) mass is 320 g/mol. The maximum absolute atomic E-state index is 12.4. The number of aromatic nitrogens is 3. The number of amides is 1. The summed E-state index contributed by atoms with van der Waals surface area (Å²) in [5.74, 6) is 0.0480. The molecule has 2 aromatic heterocycles. The molecule has 1 atom stereocenters. The van der Waals surface area contributed by atoms with Gasteiger partial charge in [-0.3, -0.25) is 4.79 Å². The summed E-state index contributed by atoms with van der Waals surface area (Å²) in [7, 11) is 0. The lowest BCUT2D eigenvalue weighted by Crippen LogP contribution is -2.46. The van der Waals surface area contributed by atoms with E-state index in [2.05, 4.69) is 36.1 Å². The van der Waals surface area contributed by atoms with E-state index >= 15 is 0 Å². The second-order valence-corrected chi connectivity index (χ2v) is 7.95. The van der Waals surface area contributed by atoms with Crippen molar-refractivity contribution in [3.8, 4) is 0 Å². The average Bonchev–Trinajstić information content (AvgIpc) is 2.98. The topological polar surface area (TPSA) is 59.8 Å². The Morgan fingerprint density at radius 2 is 2.14 bits per heavy atom. The summed E-state index contributed by atoms with van der Waals surface area (Å²) in [5, 5.41) is 4.18. The highest BCUT2D eigenvalue weighted by Crippen LogP contribution is 2.22. The third-order valence-electron chi connectivity index (χ3n) is 3.65. The van der Waals surface area contributed by atoms with Crippen molar-refractivity contribution in [3.05, 3.63) is 34.3 Å². The molecule has 0 radical (unpaired) electrons. The molecule has 120 valence electrons. The first-order valence-corrected chi connectivity index (χ1v) is 8.25. The zero-order chi connectivity index (χ0) is 16.3. The van der Waals surface area contributed by atoms with Crippen molar-refractivity contribution in [1.82, 2.24) is 19.9 Å². The maximum Gasteiger partial charge on any atom is 0.225 e. The van der Waals surface area contributed by atoms with E-state index in [1.807, 2.05) is 24.6 Å². The molecule has 5 nitrogen and oxygen atoms in total. The second-order valence-electron chi connectivity index (χ2n) is 6.66. The first-order valence-electron chi connectivity index (χ1n) is 7.43. The Hall–Kier alpha value is -1.69. The van der Waals surface area contributed by atoms with Gasteiger partial charge in [0.2, 0.25) is 5.91 Å². The maximum atomic E-state index is 12.4. The van der Waals surface area contributed by atoms with Gasteiger partial charge >= 0.3 is 0 Å². The summed E-state index contributed by atoms with van der Waals surface area (Å²) >= 11 is 1.60. The van der Waals surface area contributed by atoms with Crippen LogP contribution in [-0.4, -0.2) is 26.5 Å². The van der Waals surface area contributed by atoms with Gasteiger partial charge < -0.3 is 9.88 Å². The van der Waals surface area contributed by atoms with E-state index in [-0.39, 0.29) is 17.4 Å². The largest absolute Gasteiger partial charge is 0.351 e. The molecule has 6 heteroatoms. The highest BCUT2D eigenvalue weighted by Gasteiger charge is 2.27. The van der Waals surface area contributed by atoms with Gasteiger partial charge in [0.15, 0.2) is 0 Å². The van der Waals surface area contributed by atoms with Gasteiger partial charge in [-0.05, 0) is 19.3 Å². The van der Waals surface area contributed by atoms with Crippen LogP contribution in [0.5, 0.6) is 0 Å². The highest BCUT2D eigenvalue weighted by molar-refractivity contribution is 7.11. The summed E-state index contributed by atoms with van der Waals surface area (Å²) in [5.41, 5.74) is 0.929. The van der Waals surface area contributed by atoms with Crippen LogP contribution in [0, 0.1) is 19.3 Å². The molecule has 0 spiro atoms. The lowest BCUT2D eigenvalue weighted by atomic mass is 9.86. The van der Waals surface area contributed by atoms with Crippen LogP contribution in [0.2, 0.25) is 0 Å². The van der Waals surface area contributed by atoms with Crippen molar-refractivity contribution in [2.75, 3.05) is 0 Å². The van der Waals surface area contributed by atoms with Crippen LogP contribution in [0.25, 0.3) is 0 Å². The second kappa shape index (κ2) is 6.60. The Morgan fingerprint density at radius 3 is 2.64 bits per heavy atom. The van der Waals surface area contributed by atoms with Gasteiger partial charge in [-0.15, -0.1) is 11.3 Å². The minimum absolute atomic E-state index is 0.0292. The van der Waals surface area contributed by atoms with Gasteiger partial charge in [-0.1, -0.05) is 20.8 Å². The molecule has 0 unspecified atom stereocenters. The van der Waals surface area contributed by atoms with E-state index in [9.17, 15) is 4.79 Å². The highest BCUT2D eigenvalue weighted by atomic mass is 32.1. The molecule has 2 aromatic rings. The third kappa shape index (κ3) is 4.40. The van der Waals surface area contributed by atoms with E-state index in [0.717, 1.165) is 22.1 Å². The van der Waals surface area contributed by atoms with E-state index in [1.165, 1.54) is 0 Å². The Balaban J connectivity index is 2.03. The first-order chi connectivity index (χ1) is 10.3. The summed E-state index contributed by atoms with van der Waals surface area (Å²) in [6.07, 6.45) is 5.85. The van der Waals surface area contributed by atoms with Crippen LogP contribution in [0.15, 0.2) is 18.7 Å². The number of hydrogen-bond acceptors (Lipinski definition) is 4. The number of carbonyl (C=O) groups excluding carboxylic acids is 1. The fourth-order valence-electron chi connectivity index (χ4n) is 2.27.